The van der Waals surface area contributed by atoms with Crippen LogP contribution >= 0.6 is 34.2 Å². The van der Waals surface area contributed by atoms with Crippen LogP contribution in [0.4, 0.5) is 0 Å². The highest BCUT2D eigenvalue weighted by Gasteiger charge is 2.11. The van der Waals surface area contributed by atoms with E-state index in [1.54, 1.807) is 18.2 Å². The van der Waals surface area contributed by atoms with E-state index in [-0.39, 0.29) is 5.97 Å². The Morgan fingerprint density at radius 3 is 2.93 bits per heavy atom. The molecule has 0 atom stereocenters. The van der Waals surface area contributed by atoms with Gasteiger partial charge in [0.05, 0.1) is 12.2 Å². The summed E-state index contributed by atoms with van der Waals surface area (Å²) in [7, 11) is 0. The summed E-state index contributed by atoms with van der Waals surface area (Å²) in [5, 5.41) is 0.554. The molecule has 0 aromatic heterocycles. The molecule has 4 heteroatoms. The first kappa shape index (κ1) is 12.8. The third kappa shape index (κ3) is 3.99. The van der Waals surface area contributed by atoms with Gasteiger partial charge in [0.25, 0.3) is 0 Å². The van der Waals surface area contributed by atoms with Gasteiger partial charge in [-0.1, -0.05) is 24.9 Å². The van der Waals surface area contributed by atoms with Crippen molar-refractivity contribution in [1.82, 2.24) is 0 Å². The molecular formula is C11H12ClIO2. The van der Waals surface area contributed by atoms with Crippen molar-refractivity contribution >= 4 is 40.2 Å². The van der Waals surface area contributed by atoms with Crippen LogP contribution in [0.15, 0.2) is 18.2 Å². The molecule has 0 aliphatic heterocycles. The van der Waals surface area contributed by atoms with Crippen molar-refractivity contribution in [2.45, 2.75) is 19.8 Å². The minimum Gasteiger partial charge on any atom is -0.462 e. The Morgan fingerprint density at radius 2 is 2.27 bits per heavy atom. The number of carbonyl (C=O) groups excluding carboxylic acids is 1. The predicted octanol–water partition coefficient (Wildman–Crippen LogP) is 3.90. The monoisotopic (exact) mass is 338 g/mol. The second kappa shape index (κ2) is 6.33. The summed E-state index contributed by atoms with van der Waals surface area (Å²) in [5.74, 6) is -0.296. The molecule has 1 rings (SSSR count). The maximum atomic E-state index is 11.6. The fraction of sp³-hybridized carbons (Fsp3) is 0.364. The molecule has 0 unspecified atom stereocenters. The first-order valence-electron chi connectivity index (χ1n) is 4.77. The van der Waals surface area contributed by atoms with Gasteiger partial charge in [-0.25, -0.2) is 4.79 Å². The lowest BCUT2D eigenvalue weighted by molar-refractivity contribution is 0.0498. The maximum Gasteiger partial charge on any atom is 0.339 e. The highest BCUT2D eigenvalue weighted by molar-refractivity contribution is 14.1. The number of ether oxygens (including phenoxy) is 1. The second-order valence-electron chi connectivity index (χ2n) is 3.11. The Hall–Kier alpha value is -0.290. The molecular weight excluding hydrogens is 326 g/mol. The normalized spacial score (nSPS) is 10.1. The standard InChI is InChI=1S/C11H12ClIO2/c1-2-3-6-15-11(14)9-7-8(12)4-5-10(9)13/h4-5,7H,2-3,6H2,1H3. The molecule has 0 bridgehead atoms. The Kier molecular flexibility index (Phi) is 5.39. The van der Waals surface area contributed by atoms with E-state index in [9.17, 15) is 4.79 Å². The molecule has 0 heterocycles. The zero-order valence-corrected chi connectivity index (χ0v) is 11.3. The molecule has 0 aliphatic carbocycles. The van der Waals surface area contributed by atoms with E-state index in [1.807, 2.05) is 0 Å². The number of hydrogen-bond acceptors (Lipinski definition) is 2. The highest BCUT2D eigenvalue weighted by atomic mass is 127. The van der Waals surface area contributed by atoms with E-state index in [2.05, 4.69) is 29.5 Å². The van der Waals surface area contributed by atoms with Crippen LogP contribution in [0, 0.1) is 3.57 Å². The van der Waals surface area contributed by atoms with Crippen LogP contribution in [0.5, 0.6) is 0 Å². The lowest BCUT2D eigenvalue weighted by atomic mass is 10.2. The minimum atomic E-state index is -0.296. The molecule has 15 heavy (non-hydrogen) atoms. The lowest BCUT2D eigenvalue weighted by Gasteiger charge is -2.05. The van der Waals surface area contributed by atoms with Gasteiger partial charge in [-0.15, -0.1) is 0 Å². The highest BCUT2D eigenvalue weighted by Crippen LogP contribution is 2.18. The van der Waals surface area contributed by atoms with Gasteiger partial charge in [0.1, 0.15) is 0 Å². The molecule has 0 saturated carbocycles. The molecule has 0 fully saturated rings. The number of esters is 1. The van der Waals surface area contributed by atoms with Crippen LogP contribution in [-0.4, -0.2) is 12.6 Å². The summed E-state index contributed by atoms with van der Waals surface area (Å²) in [6.45, 7) is 2.52. The van der Waals surface area contributed by atoms with Gasteiger partial charge in [0.15, 0.2) is 0 Å². The van der Waals surface area contributed by atoms with Gasteiger partial charge in [0.2, 0.25) is 0 Å². The Morgan fingerprint density at radius 1 is 1.53 bits per heavy atom. The zero-order valence-electron chi connectivity index (χ0n) is 8.43. The van der Waals surface area contributed by atoms with Gasteiger partial charge in [-0.05, 0) is 47.2 Å². The van der Waals surface area contributed by atoms with E-state index in [0.29, 0.717) is 17.2 Å². The third-order valence-electron chi connectivity index (χ3n) is 1.88. The lowest BCUT2D eigenvalue weighted by Crippen LogP contribution is -2.08. The average molecular weight is 339 g/mol. The van der Waals surface area contributed by atoms with Crippen molar-refractivity contribution in [3.8, 4) is 0 Å². The summed E-state index contributed by atoms with van der Waals surface area (Å²) in [4.78, 5) is 11.6. The number of unbranched alkanes of at least 4 members (excludes halogenated alkanes) is 1. The Balaban J connectivity index is 2.68. The van der Waals surface area contributed by atoms with Crippen molar-refractivity contribution in [2.75, 3.05) is 6.61 Å². The summed E-state index contributed by atoms with van der Waals surface area (Å²) in [6.07, 6.45) is 1.91. The SMILES string of the molecule is CCCCOC(=O)c1cc(Cl)ccc1I. The van der Waals surface area contributed by atoms with Crippen LogP contribution in [-0.2, 0) is 4.74 Å². The van der Waals surface area contributed by atoms with Gasteiger partial charge in [-0.2, -0.15) is 0 Å². The second-order valence-corrected chi connectivity index (χ2v) is 4.71. The molecule has 82 valence electrons. The minimum absolute atomic E-state index is 0.296. The molecule has 1 aromatic rings. The summed E-state index contributed by atoms with van der Waals surface area (Å²) in [6, 6.07) is 5.20. The Labute approximate surface area is 108 Å². The smallest absolute Gasteiger partial charge is 0.339 e. The molecule has 2 nitrogen and oxygen atoms in total. The number of halogens is 2. The first-order chi connectivity index (χ1) is 7.15. The number of benzene rings is 1. The molecule has 1 aromatic carbocycles. The van der Waals surface area contributed by atoms with Crippen molar-refractivity contribution in [3.05, 3.63) is 32.4 Å². The van der Waals surface area contributed by atoms with Crippen LogP contribution in [0.2, 0.25) is 5.02 Å². The largest absolute Gasteiger partial charge is 0.462 e. The van der Waals surface area contributed by atoms with Crippen molar-refractivity contribution < 1.29 is 9.53 Å². The molecule has 0 saturated heterocycles. The average Bonchev–Trinajstić information content (AvgIpc) is 2.22. The van der Waals surface area contributed by atoms with E-state index in [0.717, 1.165) is 16.4 Å². The number of rotatable bonds is 4. The van der Waals surface area contributed by atoms with Crippen molar-refractivity contribution in [1.29, 1.82) is 0 Å². The van der Waals surface area contributed by atoms with Crippen LogP contribution in [0.25, 0.3) is 0 Å². The molecule has 0 spiro atoms. The molecule has 0 amide bonds. The molecule has 0 aliphatic rings. The summed E-state index contributed by atoms with van der Waals surface area (Å²) < 4.78 is 5.96. The van der Waals surface area contributed by atoms with Crippen LogP contribution in [0.3, 0.4) is 0 Å². The third-order valence-corrected chi connectivity index (χ3v) is 3.06. The Bertz CT molecular complexity index is 352. The van der Waals surface area contributed by atoms with Crippen LogP contribution < -0.4 is 0 Å². The maximum absolute atomic E-state index is 11.6. The fourth-order valence-corrected chi connectivity index (χ4v) is 1.77. The number of carbonyl (C=O) groups is 1. The van der Waals surface area contributed by atoms with E-state index >= 15 is 0 Å². The van der Waals surface area contributed by atoms with Gasteiger partial charge < -0.3 is 4.74 Å². The van der Waals surface area contributed by atoms with E-state index < -0.39 is 0 Å². The molecule has 0 radical (unpaired) electrons. The summed E-state index contributed by atoms with van der Waals surface area (Å²) in [5.41, 5.74) is 0.541. The first-order valence-corrected chi connectivity index (χ1v) is 6.23. The van der Waals surface area contributed by atoms with E-state index in [4.69, 9.17) is 16.3 Å². The number of hydrogen-bond donors (Lipinski definition) is 0. The van der Waals surface area contributed by atoms with E-state index in [1.165, 1.54) is 0 Å². The molecule has 0 N–H and O–H groups in total. The summed E-state index contributed by atoms with van der Waals surface area (Å²) >= 11 is 7.90. The van der Waals surface area contributed by atoms with Crippen LogP contribution in [0.1, 0.15) is 30.1 Å². The van der Waals surface area contributed by atoms with Gasteiger partial charge >= 0.3 is 5.97 Å². The zero-order chi connectivity index (χ0) is 11.3. The van der Waals surface area contributed by atoms with Gasteiger partial charge in [-0.3, -0.25) is 0 Å². The fourth-order valence-electron chi connectivity index (χ4n) is 1.04. The van der Waals surface area contributed by atoms with Crippen molar-refractivity contribution in [2.24, 2.45) is 0 Å². The van der Waals surface area contributed by atoms with Crippen molar-refractivity contribution in [3.63, 3.8) is 0 Å². The predicted molar refractivity (Wildman–Crippen MR) is 69.4 cm³/mol. The van der Waals surface area contributed by atoms with Gasteiger partial charge in [0, 0.05) is 8.59 Å². The topological polar surface area (TPSA) is 26.3 Å². The quantitative estimate of drug-likeness (QED) is 0.473.